The third-order valence-electron chi connectivity index (χ3n) is 4.30. The van der Waals surface area contributed by atoms with Crippen LogP contribution in [0.3, 0.4) is 0 Å². The zero-order valence-electron chi connectivity index (χ0n) is 12.4. The van der Waals surface area contributed by atoms with E-state index in [1.54, 1.807) is 13.3 Å². The standard InChI is InChI=1S/C15H22N4O2/c1-21-14-2-5-16-12(10-14)11-18-7-3-13(4-8-18)19-9-6-17-15(19)20/h2,5,10,13H,3-4,6-9,11H2,1H3,(H,17,20). The molecule has 2 amide bonds. The second-order valence-corrected chi connectivity index (χ2v) is 5.62. The minimum Gasteiger partial charge on any atom is -0.497 e. The van der Waals surface area contributed by atoms with Gasteiger partial charge in [0.1, 0.15) is 5.75 Å². The SMILES string of the molecule is COc1ccnc(CN2CCC(N3CCNC3=O)CC2)c1. The molecule has 2 fully saturated rings. The smallest absolute Gasteiger partial charge is 0.317 e. The Hall–Kier alpha value is -1.82. The van der Waals surface area contributed by atoms with E-state index in [1.165, 1.54) is 0 Å². The van der Waals surface area contributed by atoms with Crippen molar-refractivity contribution in [3.63, 3.8) is 0 Å². The Labute approximate surface area is 125 Å². The fourth-order valence-electron chi connectivity index (χ4n) is 3.12. The van der Waals surface area contributed by atoms with Gasteiger partial charge in [0, 0.05) is 51.0 Å². The van der Waals surface area contributed by atoms with Gasteiger partial charge in [0.05, 0.1) is 12.8 Å². The van der Waals surface area contributed by atoms with E-state index in [4.69, 9.17) is 4.74 Å². The van der Waals surface area contributed by atoms with Gasteiger partial charge in [-0.3, -0.25) is 9.88 Å². The maximum Gasteiger partial charge on any atom is 0.317 e. The lowest BCUT2D eigenvalue weighted by Gasteiger charge is -2.35. The number of aromatic nitrogens is 1. The topological polar surface area (TPSA) is 57.7 Å². The van der Waals surface area contributed by atoms with Crippen LogP contribution in [0.5, 0.6) is 5.75 Å². The van der Waals surface area contributed by atoms with Crippen LogP contribution in [0.4, 0.5) is 4.79 Å². The van der Waals surface area contributed by atoms with E-state index in [-0.39, 0.29) is 6.03 Å². The molecule has 0 aliphatic carbocycles. The first kappa shape index (κ1) is 14.1. The molecule has 0 spiro atoms. The van der Waals surface area contributed by atoms with Crippen LogP contribution in [0.1, 0.15) is 18.5 Å². The summed E-state index contributed by atoms with van der Waals surface area (Å²) in [5, 5.41) is 2.88. The van der Waals surface area contributed by atoms with Gasteiger partial charge in [-0.2, -0.15) is 0 Å². The molecule has 0 saturated carbocycles. The monoisotopic (exact) mass is 290 g/mol. The Morgan fingerprint density at radius 2 is 2.19 bits per heavy atom. The largest absolute Gasteiger partial charge is 0.497 e. The lowest BCUT2D eigenvalue weighted by molar-refractivity contribution is 0.131. The number of carbonyl (C=O) groups is 1. The number of piperidine rings is 1. The number of amides is 2. The van der Waals surface area contributed by atoms with Crippen LogP contribution in [-0.4, -0.2) is 60.1 Å². The van der Waals surface area contributed by atoms with Crippen LogP contribution in [0.25, 0.3) is 0 Å². The van der Waals surface area contributed by atoms with Crippen LogP contribution in [0.15, 0.2) is 18.3 Å². The summed E-state index contributed by atoms with van der Waals surface area (Å²) in [6.45, 7) is 4.49. The molecule has 3 rings (SSSR count). The molecule has 6 heteroatoms. The van der Waals surface area contributed by atoms with Crippen molar-refractivity contribution in [1.29, 1.82) is 0 Å². The first-order valence-corrected chi connectivity index (χ1v) is 7.52. The summed E-state index contributed by atoms with van der Waals surface area (Å²) in [6, 6.07) is 4.34. The van der Waals surface area contributed by atoms with Crippen LogP contribution in [0, 0.1) is 0 Å². The van der Waals surface area contributed by atoms with Crippen molar-refractivity contribution in [2.24, 2.45) is 0 Å². The molecule has 2 aliphatic heterocycles. The summed E-state index contributed by atoms with van der Waals surface area (Å²) < 4.78 is 5.23. The van der Waals surface area contributed by atoms with Crippen molar-refractivity contribution in [2.75, 3.05) is 33.3 Å². The molecule has 2 saturated heterocycles. The summed E-state index contributed by atoms with van der Waals surface area (Å²) in [7, 11) is 1.67. The predicted octanol–water partition coefficient (Wildman–Crippen LogP) is 1.08. The van der Waals surface area contributed by atoms with Crippen molar-refractivity contribution in [2.45, 2.75) is 25.4 Å². The van der Waals surface area contributed by atoms with Crippen LogP contribution in [-0.2, 0) is 6.54 Å². The molecule has 1 aromatic rings. The zero-order chi connectivity index (χ0) is 14.7. The van der Waals surface area contributed by atoms with E-state index in [9.17, 15) is 4.79 Å². The van der Waals surface area contributed by atoms with Gasteiger partial charge in [-0.25, -0.2) is 4.79 Å². The van der Waals surface area contributed by atoms with Gasteiger partial charge >= 0.3 is 6.03 Å². The number of nitrogens with one attached hydrogen (secondary N) is 1. The number of nitrogens with zero attached hydrogens (tertiary/aromatic N) is 3. The van der Waals surface area contributed by atoms with Gasteiger partial charge in [-0.15, -0.1) is 0 Å². The molecule has 1 N–H and O–H groups in total. The molecule has 2 aliphatic rings. The quantitative estimate of drug-likeness (QED) is 0.901. The van der Waals surface area contributed by atoms with Gasteiger partial charge in [-0.05, 0) is 18.9 Å². The molecule has 3 heterocycles. The number of hydrogen-bond donors (Lipinski definition) is 1. The number of urea groups is 1. The molecule has 0 atom stereocenters. The van der Waals surface area contributed by atoms with Crippen molar-refractivity contribution >= 4 is 6.03 Å². The van der Waals surface area contributed by atoms with Crippen molar-refractivity contribution < 1.29 is 9.53 Å². The minimum atomic E-state index is 0.0999. The van der Waals surface area contributed by atoms with Gasteiger partial charge < -0.3 is 15.0 Å². The maximum absolute atomic E-state index is 11.7. The zero-order valence-corrected chi connectivity index (χ0v) is 12.4. The average molecular weight is 290 g/mol. The van der Waals surface area contributed by atoms with Crippen LogP contribution >= 0.6 is 0 Å². The second kappa shape index (κ2) is 6.30. The number of carbonyl (C=O) groups excluding carboxylic acids is 1. The highest BCUT2D eigenvalue weighted by atomic mass is 16.5. The molecular weight excluding hydrogens is 268 g/mol. The van der Waals surface area contributed by atoms with E-state index >= 15 is 0 Å². The highest BCUT2D eigenvalue weighted by Crippen LogP contribution is 2.20. The van der Waals surface area contributed by atoms with E-state index < -0.39 is 0 Å². The highest BCUT2D eigenvalue weighted by Gasteiger charge is 2.30. The normalized spacial score (nSPS) is 20.6. The van der Waals surface area contributed by atoms with E-state index in [0.29, 0.717) is 6.04 Å². The minimum absolute atomic E-state index is 0.0999. The first-order valence-electron chi connectivity index (χ1n) is 7.52. The third kappa shape index (κ3) is 3.26. The van der Waals surface area contributed by atoms with E-state index in [1.807, 2.05) is 17.0 Å². The number of hydrogen-bond acceptors (Lipinski definition) is 4. The Kier molecular flexibility index (Phi) is 4.24. The Bertz CT molecular complexity index is 500. The summed E-state index contributed by atoms with van der Waals surface area (Å²) >= 11 is 0. The second-order valence-electron chi connectivity index (χ2n) is 5.62. The number of rotatable bonds is 4. The van der Waals surface area contributed by atoms with Gasteiger partial charge in [0.15, 0.2) is 0 Å². The van der Waals surface area contributed by atoms with Crippen LogP contribution in [0.2, 0.25) is 0 Å². The summed E-state index contributed by atoms with van der Waals surface area (Å²) in [4.78, 5) is 20.5. The van der Waals surface area contributed by atoms with Crippen molar-refractivity contribution in [3.8, 4) is 5.75 Å². The molecule has 6 nitrogen and oxygen atoms in total. The third-order valence-corrected chi connectivity index (χ3v) is 4.30. The molecule has 0 aromatic carbocycles. The first-order chi connectivity index (χ1) is 10.3. The summed E-state index contributed by atoms with van der Waals surface area (Å²) in [5.74, 6) is 0.851. The molecule has 0 bridgehead atoms. The van der Waals surface area contributed by atoms with Crippen LogP contribution < -0.4 is 10.1 Å². The van der Waals surface area contributed by atoms with E-state index in [2.05, 4.69) is 15.2 Å². The van der Waals surface area contributed by atoms with Crippen molar-refractivity contribution in [1.82, 2.24) is 20.1 Å². The molecular formula is C15H22N4O2. The summed E-state index contributed by atoms with van der Waals surface area (Å²) in [6.07, 6.45) is 3.87. The number of likely N-dealkylation sites (tertiary alicyclic amines) is 1. The fourth-order valence-corrected chi connectivity index (χ4v) is 3.12. The molecule has 0 unspecified atom stereocenters. The lowest BCUT2D eigenvalue weighted by atomic mass is 10.0. The summed E-state index contributed by atoms with van der Waals surface area (Å²) in [5.41, 5.74) is 1.03. The van der Waals surface area contributed by atoms with Crippen molar-refractivity contribution in [3.05, 3.63) is 24.0 Å². The number of methoxy groups -OCH3 is 1. The Balaban J connectivity index is 1.52. The average Bonchev–Trinajstić information content (AvgIpc) is 2.94. The fraction of sp³-hybridized carbons (Fsp3) is 0.600. The maximum atomic E-state index is 11.7. The van der Waals surface area contributed by atoms with Gasteiger partial charge in [-0.1, -0.05) is 0 Å². The number of ether oxygens (including phenoxy) is 1. The molecule has 0 radical (unpaired) electrons. The molecule has 1 aromatic heterocycles. The Morgan fingerprint density at radius 1 is 1.38 bits per heavy atom. The lowest BCUT2D eigenvalue weighted by Crippen LogP contribution is -2.45. The van der Waals surface area contributed by atoms with Gasteiger partial charge in [0.25, 0.3) is 0 Å². The molecule has 114 valence electrons. The Morgan fingerprint density at radius 3 is 2.86 bits per heavy atom. The number of pyridine rings is 1. The van der Waals surface area contributed by atoms with E-state index in [0.717, 1.165) is 57.0 Å². The highest BCUT2D eigenvalue weighted by molar-refractivity contribution is 5.76. The predicted molar refractivity (Wildman–Crippen MR) is 79.2 cm³/mol. The van der Waals surface area contributed by atoms with Gasteiger partial charge in [0.2, 0.25) is 0 Å². The molecule has 21 heavy (non-hydrogen) atoms.